The molecule has 1 atom stereocenters. The molecule has 5 heterocycles. The minimum Gasteiger partial charge on any atom is -0.453 e. The molecule has 0 saturated carbocycles. The van der Waals surface area contributed by atoms with E-state index in [2.05, 4.69) is 16.4 Å². The number of rotatable bonds is 2. The van der Waals surface area contributed by atoms with E-state index in [4.69, 9.17) is 25.5 Å². The number of para-hydroxylation sites is 1. The first kappa shape index (κ1) is 16.4. The zero-order valence-electron chi connectivity index (χ0n) is 14.7. The fraction of sp³-hybridized carbons (Fsp3) is 0.250. The summed E-state index contributed by atoms with van der Waals surface area (Å²) in [5.74, 6) is 1.65. The second-order valence-electron chi connectivity index (χ2n) is 7.01. The summed E-state index contributed by atoms with van der Waals surface area (Å²) in [4.78, 5) is 12.9. The maximum absolute atomic E-state index is 12.9. The summed E-state index contributed by atoms with van der Waals surface area (Å²) in [5, 5.41) is 0.382. The molecule has 1 spiro atoms. The molecule has 3 aromatic rings. The van der Waals surface area contributed by atoms with Crippen LogP contribution in [-0.2, 0) is 17.8 Å². The minimum absolute atomic E-state index is 0.0934. The lowest BCUT2D eigenvalue weighted by atomic mass is 9.92. The Kier molecular flexibility index (Phi) is 3.38. The van der Waals surface area contributed by atoms with E-state index in [1.165, 1.54) is 5.56 Å². The van der Waals surface area contributed by atoms with Crippen molar-refractivity contribution in [3.63, 3.8) is 0 Å². The van der Waals surface area contributed by atoms with Gasteiger partial charge in [-0.15, -0.1) is 0 Å². The Morgan fingerprint density at radius 1 is 1.18 bits per heavy atom. The van der Waals surface area contributed by atoms with Crippen molar-refractivity contribution in [2.24, 2.45) is 0 Å². The first-order valence-corrected chi connectivity index (χ1v) is 10.2. The average molecular weight is 415 g/mol. The third-order valence-corrected chi connectivity index (χ3v) is 7.24. The lowest BCUT2D eigenvalue weighted by Gasteiger charge is -2.25. The fourth-order valence-electron chi connectivity index (χ4n) is 4.33. The van der Waals surface area contributed by atoms with Crippen LogP contribution in [0.2, 0.25) is 5.22 Å². The predicted molar refractivity (Wildman–Crippen MR) is 106 cm³/mol. The summed E-state index contributed by atoms with van der Waals surface area (Å²) in [6.07, 6.45) is 0.822. The fourth-order valence-corrected chi connectivity index (χ4v) is 6.03. The molecule has 0 fully saturated rings. The second-order valence-corrected chi connectivity index (χ2v) is 8.71. The van der Waals surface area contributed by atoms with Gasteiger partial charge in [0, 0.05) is 23.9 Å². The summed E-state index contributed by atoms with van der Waals surface area (Å²) in [7, 11) is 0. The van der Waals surface area contributed by atoms with E-state index in [0.29, 0.717) is 29.8 Å². The van der Waals surface area contributed by atoms with Crippen molar-refractivity contribution in [2.75, 3.05) is 11.1 Å². The third kappa shape index (κ3) is 2.14. The van der Waals surface area contributed by atoms with Crippen LogP contribution in [0, 0.1) is 0 Å². The van der Waals surface area contributed by atoms with Gasteiger partial charge in [0.05, 0.1) is 12.2 Å². The number of pyridine rings is 1. The van der Waals surface area contributed by atoms with Gasteiger partial charge in [0.2, 0.25) is 12.5 Å². The van der Waals surface area contributed by atoms with Crippen molar-refractivity contribution in [1.29, 1.82) is 0 Å². The van der Waals surface area contributed by atoms with E-state index in [9.17, 15) is 4.79 Å². The van der Waals surface area contributed by atoms with Gasteiger partial charge < -0.3 is 22.8 Å². The van der Waals surface area contributed by atoms with Crippen molar-refractivity contribution in [3.05, 3.63) is 75.1 Å². The molecule has 0 bridgehead atoms. The Balaban J connectivity index is 1.49. The molecule has 3 aliphatic rings. The number of halogens is 1. The van der Waals surface area contributed by atoms with Gasteiger partial charge in [0.25, 0.3) is 5.56 Å². The average Bonchev–Trinajstić information content (AvgIpc) is 3.46. The quantitative estimate of drug-likeness (QED) is 0.587. The zero-order valence-corrected chi connectivity index (χ0v) is 16.3. The molecule has 142 valence electrons. The number of hydrogen-bond donors (Lipinski definition) is 0. The Morgan fingerprint density at radius 2 is 2.07 bits per heavy atom. The van der Waals surface area contributed by atoms with Crippen LogP contribution in [0.4, 0.5) is 5.69 Å². The molecule has 0 amide bonds. The normalized spacial score (nSPS) is 21.4. The van der Waals surface area contributed by atoms with Crippen molar-refractivity contribution >= 4 is 29.2 Å². The highest BCUT2D eigenvalue weighted by Crippen LogP contribution is 2.60. The molecule has 8 heteroatoms. The van der Waals surface area contributed by atoms with E-state index in [0.717, 1.165) is 23.6 Å². The summed E-state index contributed by atoms with van der Waals surface area (Å²) >= 11 is 7.67. The summed E-state index contributed by atoms with van der Waals surface area (Å²) in [6.45, 7) is 1.33. The first-order chi connectivity index (χ1) is 13.7. The molecule has 1 unspecified atom stereocenters. The number of furan rings is 1. The van der Waals surface area contributed by atoms with Crippen LogP contribution in [0.25, 0.3) is 0 Å². The van der Waals surface area contributed by atoms with Crippen molar-refractivity contribution in [1.82, 2.24) is 4.57 Å². The summed E-state index contributed by atoms with van der Waals surface area (Å²) in [6, 6.07) is 13.9. The van der Waals surface area contributed by atoms with Crippen LogP contribution in [0.3, 0.4) is 0 Å². The van der Waals surface area contributed by atoms with Crippen LogP contribution < -0.4 is 19.3 Å². The standard InChI is InChI=1S/C20H15ClN2O4S/c21-17-6-5-12(27-17)10-23-14-4-2-1-3-13(14)20(28-23)7-8-22-16(20)9-15-18(19(22)24)26-11-25-15/h1-6,9H,7-8,10-11H2. The van der Waals surface area contributed by atoms with Gasteiger partial charge in [0.15, 0.2) is 11.0 Å². The molecule has 6 rings (SSSR count). The maximum atomic E-state index is 12.9. The van der Waals surface area contributed by atoms with Gasteiger partial charge in [-0.1, -0.05) is 18.2 Å². The van der Waals surface area contributed by atoms with Crippen LogP contribution in [-0.4, -0.2) is 11.4 Å². The lowest BCUT2D eigenvalue weighted by molar-refractivity contribution is 0.173. The predicted octanol–water partition coefficient (Wildman–Crippen LogP) is 4.14. The van der Waals surface area contributed by atoms with Crippen molar-refractivity contribution in [3.8, 4) is 11.5 Å². The molecule has 2 aromatic heterocycles. The van der Waals surface area contributed by atoms with E-state index in [1.807, 2.05) is 28.8 Å². The Labute approximate surface area is 169 Å². The highest BCUT2D eigenvalue weighted by molar-refractivity contribution is 8.02. The minimum atomic E-state index is -0.340. The van der Waals surface area contributed by atoms with E-state index >= 15 is 0 Å². The van der Waals surface area contributed by atoms with Gasteiger partial charge in [-0.25, -0.2) is 0 Å². The molecule has 1 aromatic carbocycles. The highest BCUT2D eigenvalue weighted by Gasteiger charge is 2.51. The summed E-state index contributed by atoms with van der Waals surface area (Å²) in [5.41, 5.74) is 3.16. The van der Waals surface area contributed by atoms with Gasteiger partial charge >= 0.3 is 0 Å². The van der Waals surface area contributed by atoms with E-state index in [-0.39, 0.29) is 17.1 Å². The number of benzene rings is 1. The number of fused-ring (bicyclic) bond motifs is 5. The van der Waals surface area contributed by atoms with Gasteiger partial charge in [-0.3, -0.25) is 4.79 Å². The van der Waals surface area contributed by atoms with E-state index < -0.39 is 0 Å². The second kappa shape index (κ2) is 5.75. The molecule has 0 radical (unpaired) electrons. The summed E-state index contributed by atoms with van der Waals surface area (Å²) < 4.78 is 20.2. The Morgan fingerprint density at radius 3 is 2.93 bits per heavy atom. The van der Waals surface area contributed by atoms with Crippen LogP contribution in [0.1, 0.15) is 23.4 Å². The van der Waals surface area contributed by atoms with E-state index in [1.54, 1.807) is 18.0 Å². The molecule has 6 nitrogen and oxygen atoms in total. The number of aromatic nitrogens is 1. The smallest absolute Gasteiger partial charge is 0.297 e. The van der Waals surface area contributed by atoms with Crippen molar-refractivity contribution in [2.45, 2.75) is 24.3 Å². The van der Waals surface area contributed by atoms with Crippen LogP contribution in [0.5, 0.6) is 11.5 Å². The molecule has 0 saturated heterocycles. The van der Waals surface area contributed by atoms with Crippen molar-refractivity contribution < 1.29 is 13.9 Å². The number of ether oxygens (including phenoxy) is 2. The van der Waals surface area contributed by atoms with Gasteiger partial charge in [-0.2, -0.15) is 0 Å². The highest BCUT2D eigenvalue weighted by atomic mass is 35.5. The molecular weight excluding hydrogens is 400 g/mol. The lowest BCUT2D eigenvalue weighted by Crippen LogP contribution is -2.24. The number of anilines is 1. The van der Waals surface area contributed by atoms with Gasteiger partial charge in [-0.05, 0) is 48.2 Å². The van der Waals surface area contributed by atoms with Gasteiger partial charge in [0.1, 0.15) is 10.5 Å². The monoisotopic (exact) mass is 414 g/mol. The van der Waals surface area contributed by atoms with Crippen LogP contribution in [0.15, 0.2) is 51.7 Å². The largest absolute Gasteiger partial charge is 0.453 e. The third-order valence-electron chi connectivity index (χ3n) is 5.54. The zero-order chi connectivity index (χ0) is 18.9. The molecular formula is C20H15ClN2O4S. The Hall–Kier alpha value is -2.51. The first-order valence-electron chi connectivity index (χ1n) is 9.00. The SMILES string of the molecule is O=c1c2c(cc3n1CCC31SN(Cc3ccc(Cl)o3)c3ccccc31)OCO2. The topological polar surface area (TPSA) is 56.8 Å². The van der Waals surface area contributed by atoms with Crippen LogP contribution >= 0.6 is 23.5 Å². The molecule has 3 aliphatic heterocycles. The Bertz CT molecular complexity index is 1170. The molecule has 28 heavy (non-hydrogen) atoms. The molecule has 0 aliphatic carbocycles. The molecule has 0 N–H and O–H groups in total. The number of nitrogens with zero attached hydrogens (tertiary/aromatic N) is 2. The number of hydrogen-bond acceptors (Lipinski definition) is 6. The maximum Gasteiger partial charge on any atom is 0.297 e.